The number of hydrogen-bond donors (Lipinski definition) is 1. The molecule has 1 heterocycles. The molecule has 8 heteroatoms. The molecular weight excluding hydrogens is 424 g/mol. The summed E-state index contributed by atoms with van der Waals surface area (Å²) in [6, 6.07) is 17.4. The summed E-state index contributed by atoms with van der Waals surface area (Å²) in [5.74, 6) is -0.525. The van der Waals surface area contributed by atoms with Gasteiger partial charge in [0.25, 0.3) is 5.91 Å². The molecule has 0 aliphatic heterocycles. The van der Waals surface area contributed by atoms with Gasteiger partial charge < -0.3 is 4.57 Å². The highest BCUT2D eigenvalue weighted by Gasteiger charge is 2.22. The molecule has 0 fully saturated rings. The van der Waals surface area contributed by atoms with Gasteiger partial charge in [-0.3, -0.25) is 9.10 Å². The van der Waals surface area contributed by atoms with E-state index >= 15 is 0 Å². The number of aromatic nitrogens is 1. The molecule has 1 amide bonds. The largest absolute Gasteiger partial charge is 0.318 e. The van der Waals surface area contributed by atoms with E-state index in [0.717, 1.165) is 44.3 Å². The Balaban J connectivity index is 1.75. The summed E-state index contributed by atoms with van der Waals surface area (Å²) in [5.41, 5.74) is 8.65. The Hall–Kier alpha value is -3.39. The van der Waals surface area contributed by atoms with Crippen LogP contribution in [0.4, 0.5) is 5.69 Å². The fourth-order valence-corrected chi connectivity index (χ4v) is 4.61. The number of nitrogens with zero attached hydrogens (tertiary/aromatic N) is 3. The van der Waals surface area contributed by atoms with Crippen LogP contribution in [0.5, 0.6) is 0 Å². The Bertz CT molecular complexity index is 1260. The number of sulfonamides is 1. The highest BCUT2D eigenvalue weighted by molar-refractivity contribution is 7.92. The number of carbonyl (C=O) groups is 1. The lowest BCUT2D eigenvalue weighted by molar-refractivity contribution is -0.119. The Labute approximate surface area is 189 Å². The molecule has 0 radical (unpaired) electrons. The lowest BCUT2D eigenvalue weighted by Gasteiger charge is -2.23. The Morgan fingerprint density at radius 3 is 2.38 bits per heavy atom. The molecule has 168 valence electrons. The second-order valence-corrected chi connectivity index (χ2v) is 9.76. The van der Waals surface area contributed by atoms with Gasteiger partial charge in [-0.25, -0.2) is 13.8 Å². The third-order valence-corrected chi connectivity index (χ3v) is 6.31. The molecule has 0 saturated carbocycles. The summed E-state index contributed by atoms with van der Waals surface area (Å²) >= 11 is 0. The van der Waals surface area contributed by atoms with E-state index in [1.54, 1.807) is 12.3 Å². The van der Waals surface area contributed by atoms with Crippen LogP contribution in [-0.2, 0) is 14.8 Å². The monoisotopic (exact) mass is 452 g/mol. The first-order valence-electron chi connectivity index (χ1n) is 10.2. The van der Waals surface area contributed by atoms with E-state index in [4.69, 9.17) is 0 Å². The fourth-order valence-electron chi connectivity index (χ4n) is 3.70. The lowest BCUT2D eigenvalue weighted by atomic mass is 10.1. The molecule has 0 atom stereocenters. The van der Waals surface area contributed by atoms with Crippen molar-refractivity contribution in [1.29, 1.82) is 0 Å². The molecule has 3 aromatic rings. The van der Waals surface area contributed by atoms with Crippen LogP contribution in [0, 0.1) is 27.7 Å². The first-order valence-corrected chi connectivity index (χ1v) is 12.0. The maximum absolute atomic E-state index is 12.5. The van der Waals surface area contributed by atoms with Crippen LogP contribution in [0.3, 0.4) is 0 Å². The predicted octanol–water partition coefficient (Wildman–Crippen LogP) is 3.63. The van der Waals surface area contributed by atoms with E-state index in [1.165, 1.54) is 0 Å². The van der Waals surface area contributed by atoms with Gasteiger partial charge in [-0.15, -0.1) is 0 Å². The number of amides is 1. The third-order valence-electron chi connectivity index (χ3n) is 5.19. The summed E-state index contributed by atoms with van der Waals surface area (Å²) in [5, 5.41) is 4.06. The van der Waals surface area contributed by atoms with Gasteiger partial charge in [0.2, 0.25) is 10.0 Å². The molecule has 0 bridgehead atoms. The van der Waals surface area contributed by atoms with Gasteiger partial charge in [-0.1, -0.05) is 35.9 Å². The van der Waals surface area contributed by atoms with Crippen LogP contribution < -0.4 is 9.73 Å². The molecule has 7 nitrogen and oxygen atoms in total. The van der Waals surface area contributed by atoms with E-state index in [-0.39, 0.29) is 6.54 Å². The van der Waals surface area contributed by atoms with Crippen LogP contribution >= 0.6 is 0 Å². The van der Waals surface area contributed by atoms with Crippen molar-refractivity contribution in [2.45, 2.75) is 27.7 Å². The molecule has 3 rings (SSSR count). The van der Waals surface area contributed by atoms with Crippen molar-refractivity contribution in [1.82, 2.24) is 9.99 Å². The second-order valence-electron chi connectivity index (χ2n) is 7.85. The maximum atomic E-state index is 12.5. The Morgan fingerprint density at radius 2 is 1.75 bits per heavy atom. The summed E-state index contributed by atoms with van der Waals surface area (Å²) < 4.78 is 27.8. The number of nitrogens with one attached hydrogen (secondary N) is 1. The minimum absolute atomic E-state index is 0.358. The van der Waals surface area contributed by atoms with Gasteiger partial charge in [-0.05, 0) is 57.5 Å². The molecule has 1 aromatic heterocycles. The Kier molecular flexibility index (Phi) is 6.84. The first kappa shape index (κ1) is 23.3. The van der Waals surface area contributed by atoms with E-state index < -0.39 is 15.9 Å². The lowest BCUT2D eigenvalue weighted by Crippen LogP contribution is -2.39. The van der Waals surface area contributed by atoms with E-state index in [2.05, 4.69) is 15.1 Å². The standard InChI is InChI=1S/C24H28N4O3S/c1-17-11-12-23(18(2)13-17)27(32(5,30)31)16-24(29)26-25-15-21-14-19(3)28(20(21)4)22-9-7-6-8-10-22/h6-15H,16H2,1-5H3,(H,26,29)/b25-15-. The van der Waals surface area contributed by atoms with Crippen LogP contribution in [0.1, 0.15) is 28.1 Å². The summed E-state index contributed by atoms with van der Waals surface area (Å²) in [7, 11) is -3.65. The molecule has 0 aliphatic carbocycles. The number of benzene rings is 2. The van der Waals surface area contributed by atoms with Crippen molar-refractivity contribution in [3.05, 3.63) is 82.7 Å². The van der Waals surface area contributed by atoms with Crippen molar-refractivity contribution in [3.63, 3.8) is 0 Å². The number of carbonyl (C=O) groups excluding carboxylic acids is 1. The van der Waals surface area contributed by atoms with Crippen LogP contribution in [-0.4, -0.2) is 37.9 Å². The zero-order valence-corrected chi connectivity index (χ0v) is 19.8. The van der Waals surface area contributed by atoms with Crippen LogP contribution in [0.25, 0.3) is 5.69 Å². The third kappa shape index (κ3) is 5.26. The summed E-state index contributed by atoms with van der Waals surface area (Å²) in [6.45, 7) is 7.37. The molecule has 0 aliphatic rings. The molecule has 32 heavy (non-hydrogen) atoms. The van der Waals surface area contributed by atoms with Crippen molar-refractivity contribution in [2.24, 2.45) is 5.10 Å². The number of anilines is 1. The van der Waals surface area contributed by atoms with Crippen LogP contribution in [0.15, 0.2) is 59.7 Å². The number of rotatable bonds is 7. The first-order chi connectivity index (χ1) is 15.1. The predicted molar refractivity (Wildman–Crippen MR) is 129 cm³/mol. The molecule has 0 spiro atoms. The van der Waals surface area contributed by atoms with E-state index in [9.17, 15) is 13.2 Å². The topological polar surface area (TPSA) is 83.8 Å². The Morgan fingerprint density at radius 1 is 1.06 bits per heavy atom. The van der Waals surface area contributed by atoms with Gasteiger partial charge >= 0.3 is 0 Å². The maximum Gasteiger partial charge on any atom is 0.260 e. The smallest absolute Gasteiger partial charge is 0.260 e. The van der Waals surface area contributed by atoms with E-state index in [1.807, 2.05) is 76.2 Å². The summed E-state index contributed by atoms with van der Waals surface area (Å²) in [6.07, 6.45) is 2.66. The molecule has 1 N–H and O–H groups in total. The number of hydrazone groups is 1. The SMILES string of the molecule is Cc1ccc(N(CC(=O)N/N=C\c2cc(C)n(-c3ccccc3)c2C)S(C)(=O)=O)c(C)c1. The summed E-state index contributed by atoms with van der Waals surface area (Å²) in [4.78, 5) is 12.5. The molecular formula is C24H28N4O3S. The molecule has 2 aromatic carbocycles. The zero-order valence-electron chi connectivity index (χ0n) is 19.0. The number of para-hydroxylation sites is 1. The minimum atomic E-state index is -3.65. The number of aryl methyl sites for hydroxylation is 3. The van der Waals surface area contributed by atoms with Gasteiger partial charge in [-0.2, -0.15) is 5.10 Å². The molecule has 0 saturated heterocycles. The fraction of sp³-hybridized carbons (Fsp3) is 0.250. The normalized spacial score (nSPS) is 11.7. The average molecular weight is 453 g/mol. The van der Waals surface area contributed by atoms with Crippen molar-refractivity contribution >= 4 is 27.8 Å². The van der Waals surface area contributed by atoms with Gasteiger partial charge in [0.15, 0.2) is 0 Å². The average Bonchev–Trinajstić information content (AvgIpc) is 3.00. The quantitative estimate of drug-likeness (QED) is 0.439. The van der Waals surface area contributed by atoms with Gasteiger partial charge in [0, 0.05) is 22.6 Å². The minimum Gasteiger partial charge on any atom is -0.318 e. The van der Waals surface area contributed by atoms with Gasteiger partial charge in [0.1, 0.15) is 6.54 Å². The second kappa shape index (κ2) is 9.40. The van der Waals surface area contributed by atoms with Crippen LogP contribution in [0.2, 0.25) is 0 Å². The van der Waals surface area contributed by atoms with Crippen molar-refractivity contribution in [2.75, 3.05) is 17.1 Å². The van der Waals surface area contributed by atoms with Crippen molar-refractivity contribution in [3.8, 4) is 5.69 Å². The number of hydrogen-bond acceptors (Lipinski definition) is 4. The molecule has 0 unspecified atom stereocenters. The highest BCUT2D eigenvalue weighted by Crippen LogP contribution is 2.23. The highest BCUT2D eigenvalue weighted by atomic mass is 32.2. The zero-order chi connectivity index (χ0) is 23.5. The van der Waals surface area contributed by atoms with Crippen molar-refractivity contribution < 1.29 is 13.2 Å². The van der Waals surface area contributed by atoms with E-state index in [0.29, 0.717) is 5.69 Å². The van der Waals surface area contributed by atoms with Gasteiger partial charge in [0.05, 0.1) is 18.2 Å².